The van der Waals surface area contributed by atoms with Crippen LogP contribution in [-0.2, 0) is 12.3 Å². The molecule has 0 atom stereocenters. The maximum absolute atomic E-state index is 5.96. The van der Waals surface area contributed by atoms with Crippen LogP contribution in [0.2, 0.25) is 0 Å². The van der Waals surface area contributed by atoms with Crippen molar-refractivity contribution in [2.45, 2.75) is 33.1 Å². The number of hydrogen-bond acceptors (Lipinski definition) is 2. The van der Waals surface area contributed by atoms with Crippen LogP contribution in [-0.4, -0.2) is 14.8 Å². The normalized spacial score (nSPS) is 11.2. The highest BCUT2D eigenvalue weighted by Crippen LogP contribution is 2.20. The van der Waals surface area contributed by atoms with Gasteiger partial charge in [0.2, 0.25) is 0 Å². The second-order valence-electron chi connectivity index (χ2n) is 4.89. The van der Waals surface area contributed by atoms with Crippen LogP contribution in [0.4, 0.5) is 0 Å². The summed E-state index contributed by atoms with van der Waals surface area (Å²) in [7, 11) is 0. The average Bonchev–Trinajstić information content (AvgIpc) is 2.72. The molecule has 4 heteroatoms. The monoisotopic (exact) mass is 263 g/mol. The molecular weight excluding hydrogens is 246 g/mol. The predicted octanol–water partition coefficient (Wildman–Crippen LogP) is 3.51. The van der Waals surface area contributed by atoms with E-state index in [-0.39, 0.29) is 0 Å². The highest BCUT2D eigenvalue weighted by atomic mass is 35.5. The van der Waals surface area contributed by atoms with Gasteiger partial charge in [-0.3, -0.25) is 4.57 Å². The van der Waals surface area contributed by atoms with Crippen molar-refractivity contribution in [3.8, 4) is 5.69 Å². The fraction of sp³-hybridized carbons (Fsp3) is 0.429. The summed E-state index contributed by atoms with van der Waals surface area (Å²) in [5.41, 5.74) is 2.32. The molecule has 1 aromatic carbocycles. The molecule has 0 unspecified atom stereocenters. The van der Waals surface area contributed by atoms with E-state index in [0.717, 1.165) is 23.8 Å². The Hall–Kier alpha value is -1.35. The zero-order chi connectivity index (χ0) is 13.1. The van der Waals surface area contributed by atoms with Gasteiger partial charge >= 0.3 is 0 Å². The third-order valence-corrected chi connectivity index (χ3v) is 3.10. The van der Waals surface area contributed by atoms with Gasteiger partial charge in [0, 0.05) is 6.42 Å². The van der Waals surface area contributed by atoms with Crippen molar-refractivity contribution >= 4 is 11.6 Å². The highest BCUT2D eigenvalue weighted by molar-refractivity contribution is 6.16. The van der Waals surface area contributed by atoms with E-state index in [2.05, 4.69) is 47.7 Å². The van der Waals surface area contributed by atoms with E-state index in [0.29, 0.717) is 11.8 Å². The third-order valence-electron chi connectivity index (χ3n) is 2.86. The van der Waals surface area contributed by atoms with Gasteiger partial charge < -0.3 is 0 Å². The molecule has 2 aromatic rings. The summed E-state index contributed by atoms with van der Waals surface area (Å²) in [6.07, 6.45) is 0.901. The van der Waals surface area contributed by atoms with Gasteiger partial charge in [-0.05, 0) is 24.5 Å². The lowest BCUT2D eigenvalue weighted by Gasteiger charge is -2.13. The van der Waals surface area contributed by atoms with Gasteiger partial charge in [-0.25, -0.2) is 0 Å². The molecule has 0 aliphatic heterocycles. The molecule has 0 fully saturated rings. The summed E-state index contributed by atoms with van der Waals surface area (Å²) in [4.78, 5) is 0. The Morgan fingerprint density at radius 2 is 1.83 bits per heavy atom. The Bertz CT molecular complexity index is 532. The largest absolute Gasteiger partial charge is 0.282 e. The van der Waals surface area contributed by atoms with E-state index in [1.54, 1.807) is 0 Å². The zero-order valence-electron chi connectivity index (χ0n) is 11.0. The molecule has 0 amide bonds. The summed E-state index contributed by atoms with van der Waals surface area (Å²) in [6.45, 7) is 6.45. The molecule has 0 bridgehead atoms. The molecule has 1 heterocycles. The summed E-state index contributed by atoms with van der Waals surface area (Å²) < 4.78 is 2.09. The average molecular weight is 264 g/mol. The Morgan fingerprint density at radius 3 is 2.44 bits per heavy atom. The van der Waals surface area contributed by atoms with E-state index in [1.807, 2.05) is 12.1 Å². The van der Waals surface area contributed by atoms with Gasteiger partial charge in [-0.2, -0.15) is 0 Å². The molecule has 0 saturated carbocycles. The van der Waals surface area contributed by atoms with E-state index < -0.39 is 0 Å². The minimum Gasteiger partial charge on any atom is -0.282 e. The van der Waals surface area contributed by atoms with Gasteiger partial charge in [0.25, 0.3) is 0 Å². The van der Waals surface area contributed by atoms with Gasteiger partial charge in [0.05, 0.1) is 11.6 Å². The van der Waals surface area contributed by atoms with Crippen molar-refractivity contribution in [2.24, 2.45) is 5.92 Å². The quantitative estimate of drug-likeness (QED) is 0.791. The number of alkyl halides is 1. The first-order chi connectivity index (χ1) is 8.63. The molecule has 3 nitrogen and oxygen atoms in total. The summed E-state index contributed by atoms with van der Waals surface area (Å²) >= 11 is 5.96. The number of benzene rings is 1. The van der Waals surface area contributed by atoms with Crippen molar-refractivity contribution in [1.29, 1.82) is 0 Å². The van der Waals surface area contributed by atoms with E-state index in [4.69, 9.17) is 11.6 Å². The fourth-order valence-electron chi connectivity index (χ4n) is 2.03. The molecule has 2 rings (SSSR count). The van der Waals surface area contributed by atoms with Gasteiger partial charge in [-0.15, -0.1) is 21.8 Å². The maximum atomic E-state index is 5.96. The zero-order valence-corrected chi connectivity index (χ0v) is 11.8. The van der Waals surface area contributed by atoms with Crippen molar-refractivity contribution in [3.05, 3.63) is 41.5 Å². The van der Waals surface area contributed by atoms with Crippen molar-refractivity contribution in [1.82, 2.24) is 14.8 Å². The Kier molecular flexibility index (Phi) is 4.02. The van der Waals surface area contributed by atoms with Crippen LogP contribution >= 0.6 is 11.6 Å². The van der Waals surface area contributed by atoms with E-state index in [1.165, 1.54) is 5.56 Å². The highest BCUT2D eigenvalue weighted by Gasteiger charge is 2.15. The molecular formula is C14H18ClN3. The third kappa shape index (κ3) is 2.56. The van der Waals surface area contributed by atoms with E-state index >= 15 is 0 Å². The lowest BCUT2D eigenvalue weighted by atomic mass is 10.1. The smallest absolute Gasteiger partial charge is 0.152 e. The Morgan fingerprint density at radius 1 is 1.17 bits per heavy atom. The summed E-state index contributed by atoms with van der Waals surface area (Å²) in [5, 5.41) is 8.46. The van der Waals surface area contributed by atoms with Crippen LogP contribution in [0.1, 0.15) is 31.1 Å². The second kappa shape index (κ2) is 5.53. The molecule has 96 valence electrons. The van der Waals surface area contributed by atoms with Crippen molar-refractivity contribution in [2.75, 3.05) is 0 Å². The first-order valence-corrected chi connectivity index (χ1v) is 6.72. The van der Waals surface area contributed by atoms with Crippen molar-refractivity contribution in [3.63, 3.8) is 0 Å². The molecule has 0 aliphatic rings. The number of nitrogens with zero attached hydrogens (tertiary/aromatic N) is 3. The van der Waals surface area contributed by atoms with Gasteiger partial charge in [0.15, 0.2) is 5.82 Å². The fourth-order valence-corrected chi connectivity index (χ4v) is 2.20. The Labute approximate surface area is 113 Å². The summed E-state index contributed by atoms with van der Waals surface area (Å²) in [5.74, 6) is 2.70. The molecule has 1 aromatic heterocycles. The van der Waals surface area contributed by atoms with Gasteiger partial charge in [-0.1, -0.05) is 32.0 Å². The van der Waals surface area contributed by atoms with Crippen LogP contribution in [0.25, 0.3) is 5.69 Å². The number of aryl methyl sites for hydroxylation is 1. The maximum Gasteiger partial charge on any atom is 0.152 e. The van der Waals surface area contributed by atoms with Crippen LogP contribution in [0.3, 0.4) is 0 Å². The SMILES string of the molecule is Cc1ccccc1-n1c(CCl)nnc1CC(C)C. The number of hydrogen-bond donors (Lipinski definition) is 0. The molecule has 0 saturated heterocycles. The molecule has 0 aliphatic carbocycles. The van der Waals surface area contributed by atoms with Gasteiger partial charge in [0.1, 0.15) is 5.82 Å². The standard InChI is InChI=1S/C14H18ClN3/c1-10(2)8-13-16-17-14(9-15)18(13)12-7-5-4-6-11(12)3/h4-7,10H,8-9H2,1-3H3. The van der Waals surface area contributed by atoms with Crippen LogP contribution in [0.5, 0.6) is 0 Å². The van der Waals surface area contributed by atoms with Crippen LogP contribution in [0, 0.1) is 12.8 Å². The van der Waals surface area contributed by atoms with Crippen molar-refractivity contribution < 1.29 is 0 Å². The molecule has 0 N–H and O–H groups in total. The number of halogens is 1. The van der Waals surface area contributed by atoms with Crippen LogP contribution < -0.4 is 0 Å². The molecule has 0 spiro atoms. The number of rotatable bonds is 4. The minimum absolute atomic E-state index is 0.374. The van der Waals surface area contributed by atoms with E-state index in [9.17, 15) is 0 Å². The Balaban J connectivity index is 2.54. The second-order valence-corrected chi connectivity index (χ2v) is 5.15. The molecule has 0 radical (unpaired) electrons. The molecule has 18 heavy (non-hydrogen) atoms. The topological polar surface area (TPSA) is 30.7 Å². The number of para-hydroxylation sites is 1. The number of aromatic nitrogens is 3. The first-order valence-electron chi connectivity index (χ1n) is 6.18. The lowest BCUT2D eigenvalue weighted by Crippen LogP contribution is -2.08. The minimum atomic E-state index is 0.374. The first kappa shape index (κ1) is 13.1. The lowest BCUT2D eigenvalue weighted by molar-refractivity contribution is 0.610. The predicted molar refractivity (Wildman–Crippen MR) is 74.2 cm³/mol. The van der Waals surface area contributed by atoms with Crippen LogP contribution in [0.15, 0.2) is 24.3 Å². The summed E-state index contributed by atoms with van der Waals surface area (Å²) in [6, 6.07) is 8.23.